The average molecular weight is 359 g/mol. The second kappa shape index (κ2) is 9.04. The van der Waals surface area contributed by atoms with Gasteiger partial charge in [0.15, 0.2) is 5.96 Å². The maximum atomic E-state index is 11.8. The predicted molar refractivity (Wildman–Crippen MR) is 99.6 cm³/mol. The van der Waals surface area contributed by atoms with Gasteiger partial charge in [-0.1, -0.05) is 25.7 Å². The van der Waals surface area contributed by atoms with E-state index in [9.17, 15) is 8.42 Å². The Morgan fingerprint density at radius 3 is 2.50 bits per heavy atom. The molecule has 2 saturated carbocycles. The molecule has 0 aromatic heterocycles. The first-order valence-corrected chi connectivity index (χ1v) is 11.0. The highest BCUT2D eigenvalue weighted by Gasteiger charge is 2.32. The number of nitrogens with one attached hydrogen (secondary N) is 3. The third kappa shape index (κ3) is 6.24. The van der Waals surface area contributed by atoms with Crippen molar-refractivity contribution in [3.05, 3.63) is 0 Å². The van der Waals surface area contributed by atoms with Crippen LogP contribution in [0.3, 0.4) is 0 Å². The maximum absolute atomic E-state index is 11.8. The molecule has 3 atom stereocenters. The molecule has 0 spiro atoms. The number of hydrogen-bond donors (Lipinski definition) is 3. The van der Waals surface area contributed by atoms with E-state index in [4.69, 9.17) is 0 Å². The van der Waals surface area contributed by atoms with Gasteiger partial charge in [-0.15, -0.1) is 0 Å². The van der Waals surface area contributed by atoms with Crippen molar-refractivity contribution in [2.75, 3.05) is 19.3 Å². The van der Waals surface area contributed by atoms with Crippen LogP contribution in [0.1, 0.15) is 58.8 Å². The van der Waals surface area contributed by atoms with Gasteiger partial charge in [0.1, 0.15) is 0 Å². The molecule has 0 radical (unpaired) electrons. The molecule has 0 bridgehead atoms. The van der Waals surface area contributed by atoms with Crippen molar-refractivity contribution in [2.45, 2.75) is 70.9 Å². The molecule has 6 nitrogen and oxygen atoms in total. The molecule has 2 aliphatic carbocycles. The van der Waals surface area contributed by atoms with Crippen molar-refractivity contribution < 1.29 is 8.42 Å². The number of aliphatic imine (C=N–C) groups is 1. The molecule has 3 N–H and O–H groups in total. The summed E-state index contributed by atoms with van der Waals surface area (Å²) in [7, 11) is -1.49. The summed E-state index contributed by atoms with van der Waals surface area (Å²) < 4.78 is 26.3. The Kier molecular flexibility index (Phi) is 7.34. The lowest BCUT2D eigenvalue weighted by Crippen LogP contribution is -2.48. The van der Waals surface area contributed by atoms with E-state index in [0.29, 0.717) is 18.5 Å². The van der Waals surface area contributed by atoms with Gasteiger partial charge in [0.2, 0.25) is 10.0 Å². The van der Waals surface area contributed by atoms with Crippen LogP contribution in [0, 0.1) is 11.8 Å². The van der Waals surface area contributed by atoms with Gasteiger partial charge in [0.25, 0.3) is 0 Å². The van der Waals surface area contributed by atoms with E-state index in [1.54, 1.807) is 7.05 Å². The molecule has 0 aliphatic heterocycles. The van der Waals surface area contributed by atoms with Crippen LogP contribution in [-0.4, -0.2) is 45.8 Å². The van der Waals surface area contributed by atoms with Crippen molar-refractivity contribution >= 4 is 16.0 Å². The highest BCUT2D eigenvalue weighted by atomic mass is 32.2. The largest absolute Gasteiger partial charge is 0.355 e. The Bertz CT molecular complexity index is 519. The minimum Gasteiger partial charge on any atom is -0.355 e. The third-order valence-corrected chi connectivity index (χ3v) is 6.75. The standard InChI is InChI=1S/C17H34N4O2S/c1-13(2)21-24(22,23)11-10-19-17(18-3)20-16-9-8-14-6-4-5-7-15(14)12-16/h13-16,21H,4-12H2,1-3H3,(H2,18,19,20). The summed E-state index contributed by atoms with van der Waals surface area (Å²) in [5.41, 5.74) is 0. The number of sulfonamides is 1. The van der Waals surface area contributed by atoms with E-state index in [1.807, 2.05) is 13.8 Å². The molecule has 2 rings (SSSR count). The molecule has 0 amide bonds. The predicted octanol–water partition coefficient (Wildman–Crippen LogP) is 1.84. The first-order valence-electron chi connectivity index (χ1n) is 9.37. The van der Waals surface area contributed by atoms with Crippen LogP contribution in [-0.2, 0) is 10.0 Å². The average Bonchev–Trinajstić information content (AvgIpc) is 2.52. The molecule has 7 heteroatoms. The second-order valence-electron chi connectivity index (χ2n) is 7.55. The molecule has 0 aromatic carbocycles. The van der Waals surface area contributed by atoms with Gasteiger partial charge in [-0.2, -0.15) is 0 Å². The SMILES string of the molecule is CN=C(NCCS(=O)(=O)NC(C)C)NC1CCC2CCCCC2C1. The molecule has 2 fully saturated rings. The Morgan fingerprint density at radius 2 is 1.83 bits per heavy atom. The van der Waals surface area contributed by atoms with E-state index in [0.717, 1.165) is 11.8 Å². The summed E-state index contributed by atoms with van der Waals surface area (Å²) in [6, 6.07) is 0.388. The third-order valence-electron chi connectivity index (χ3n) is 5.18. The van der Waals surface area contributed by atoms with Crippen LogP contribution in [0.2, 0.25) is 0 Å². The lowest BCUT2D eigenvalue weighted by atomic mass is 9.69. The van der Waals surface area contributed by atoms with Crippen molar-refractivity contribution in [1.29, 1.82) is 0 Å². The van der Waals surface area contributed by atoms with E-state index in [-0.39, 0.29) is 11.8 Å². The van der Waals surface area contributed by atoms with E-state index in [1.165, 1.54) is 44.9 Å². The zero-order chi connectivity index (χ0) is 17.6. The van der Waals surface area contributed by atoms with Gasteiger partial charge < -0.3 is 10.6 Å². The summed E-state index contributed by atoms with van der Waals surface area (Å²) in [5, 5.41) is 6.63. The summed E-state index contributed by atoms with van der Waals surface area (Å²) in [6.07, 6.45) is 9.28. The fourth-order valence-corrected chi connectivity index (χ4v) is 5.32. The molecule has 3 unspecified atom stereocenters. The van der Waals surface area contributed by atoms with Crippen LogP contribution in [0.15, 0.2) is 4.99 Å². The Morgan fingerprint density at radius 1 is 1.12 bits per heavy atom. The number of fused-ring (bicyclic) bond motifs is 1. The molecular weight excluding hydrogens is 324 g/mol. The van der Waals surface area contributed by atoms with Gasteiger partial charge >= 0.3 is 0 Å². The zero-order valence-electron chi connectivity index (χ0n) is 15.3. The Labute approximate surface area is 147 Å². The lowest BCUT2D eigenvalue weighted by molar-refractivity contribution is 0.150. The molecule has 0 aromatic rings. The number of guanidine groups is 1. The first kappa shape index (κ1) is 19.5. The summed E-state index contributed by atoms with van der Waals surface area (Å²) >= 11 is 0. The van der Waals surface area contributed by atoms with Crippen molar-refractivity contribution in [3.8, 4) is 0 Å². The van der Waals surface area contributed by atoms with Gasteiger partial charge in [-0.25, -0.2) is 13.1 Å². The van der Waals surface area contributed by atoms with E-state index in [2.05, 4.69) is 20.3 Å². The van der Waals surface area contributed by atoms with Crippen LogP contribution in [0.5, 0.6) is 0 Å². The van der Waals surface area contributed by atoms with Crippen LogP contribution in [0.4, 0.5) is 0 Å². The van der Waals surface area contributed by atoms with Crippen LogP contribution >= 0.6 is 0 Å². The second-order valence-corrected chi connectivity index (χ2v) is 9.42. The fraction of sp³-hybridized carbons (Fsp3) is 0.941. The van der Waals surface area contributed by atoms with E-state index >= 15 is 0 Å². The number of rotatable bonds is 6. The van der Waals surface area contributed by atoms with Crippen LogP contribution in [0.25, 0.3) is 0 Å². The Hall–Kier alpha value is -0.820. The van der Waals surface area contributed by atoms with Gasteiger partial charge in [0.05, 0.1) is 5.75 Å². The first-order chi connectivity index (χ1) is 11.4. The van der Waals surface area contributed by atoms with Crippen LogP contribution < -0.4 is 15.4 Å². The Balaban J connectivity index is 1.74. The minimum atomic E-state index is -3.23. The summed E-state index contributed by atoms with van der Waals surface area (Å²) in [6.45, 7) is 4.01. The molecule has 0 saturated heterocycles. The lowest BCUT2D eigenvalue weighted by Gasteiger charge is -2.39. The fourth-order valence-electron chi connectivity index (χ4n) is 4.11. The smallest absolute Gasteiger partial charge is 0.213 e. The van der Waals surface area contributed by atoms with Crippen molar-refractivity contribution in [3.63, 3.8) is 0 Å². The summed E-state index contributed by atoms with van der Waals surface area (Å²) in [5.74, 6) is 2.56. The van der Waals surface area contributed by atoms with Gasteiger partial charge in [0, 0.05) is 25.7 Å². The molecular formula is C17H34N4O2S. The normalized spacial score (nSPS) is 28.5. The van der Waals surface area contributed by atoms with Crippen molar-refractivity contribution in [2.24, 2.45) is 16.8 Å². The quantitative estimate of drug-likeness (QED) is 0.500. The minimum absolute atomic E-state index is 0.0568. The molecule has 24 heavy (non-hydrogen) atoms. The molecule has 140 valence electrons. The van der Waals surface area contributed by atoms with Gasteiger partial charge in [-0.3, -0.25) is 4.99 Å². The highest BCUT2D eigenvalue weighted by Crippen LogP contribution is 2.40. The number of hydrogen-bond acceptors (Lipinski definition) is 3. The van der Waals surface area contributed by atoms with Crippen molar-refractivity contribution in [1.82, 2.24) is 15.4 Å². The number of nitrogens with zero attached hydrogens (tertiary/aromatic N) is 1. The van der Waals surface area contributed by atoms with Gasteiger partial charge in [-0.05, 0) is 44.9 Å². The molecule has 0 heterocycles. The maximum Gasteiger partial charge on any atom is 0.213 e. The topological polar surface area (TPSA) is 82.6 Å². The molecule has 2 aliphatic rings. The summed E-state index contributed by atoms with van der Waals surface area (Å²) in [4.78, 5) is 4.25. The zero-order valence-corrected chi connectivity index (χ0v) is 16.2. The highest BCUT2D eigenvalue weighted by molar-refractivity contribution is 7.89. The monoisotopic (exact) mass is 358 g/mol. The van der Waals surface area contributed by atoms with E-state index < -0.39 is 10.0 Å².